The van der Waals surface area contributed by atoms with Gasteiger partial charge in [0.2, 0.25) is 10.0 Å². The number of Topliss-reactive ketones (excluding diaryl/α,β-unsaturated/α-hetero) is 1. The number of rotatable bonds is 8. The molecule has 3 rings (SSSR count). The molecular formula is C22H25NO7S. The lowest BCUT2D eigenvalue weighted by Gasteiger charge is -2.26. The smallest absolute Gasteiger partial charge is 0.338 e. The summed E-state index contributed by atoms with van der Waals surface area (Å²) in [5.41, 5.74) is 1.16. The molecular weight excluding hydrogens is 422 g/mol. The van der Waals surface area contributed by atoms with Gasteiger partial charge in [0.25, 0.3) is 0 Å². The molecule has 0 unspecified atom stereocenters. The van der Waals surface area contributed by atoms with Crippen molar-refractivity contribution >= 4 is 21.8 Å². The number of carbonyl (C=O) groups excluding carboxylic acids is 2. The summed E-state index contributed by atoms with van der Waals surface area (Å²) >= 11 is 0. The summed E-state index contributed by atoms with van der Waals surface area (Å²) in [4.78, 5) is 24.3. The summed E-state index contributed by atoms with van der Waals surface area (Å²) in [6, 6.07) is 10.7. The Kier molecular flexibility index (Phi) is 7.42. The molecule has 166 valence electrons. The van der Waals surface area contributed by atoms with Crippen molar-refractivity contribution in [2.45, 2.75) is 25.3 Å². The quantitative estimate of drug-likeness (QED) is 0.453. The van der Waals surface area contributed by atoms with E-state index in [9.17, 15) is 18.0 Å². The van der Waals surface area contributed by atoms with Gasteiger partial charge >= 0.3 is 5.97 Å². The number of hydrogen-bond acceptors (Lipinski definition) is 7. The Bertz CT molecular complexity index is 1060. The topological polar surface area (TPSA) is 99.2 Å². The van der Waals surface area contributed by atoms with Gasteiger partial charge in [0.05, 0.1) is 30.3 Å². The molecule has 1 saturated heterocycles. The summed E-state index contributed by atoms with van der Waals surface area (Å²) in [7, 11) is -3.73. The Balaban J connectivity index is 1.77. The van der Waals surface area contributed by atoms with Gasteiger partial charge in [0.1, 0.15) is 12.4 Å². The predicted molar refractivity (Wildman–Crippen MR) is 113 cm³/mol. The Labute approximate surface area is 181 Å². The first-order valence-corrected chi connectivity index (χ1v) is 11.4. The van der Waals surface area contributed by atoms with E-state index in [-0.39, 0.29) is 35.9 Å². The molecule has 0 N–H and O–H groups in total. The Hall–Kier alpha value is -2.75. The molecule has 1 fully saturated rings. The number of esters is 1. The van der Waals surface area contributed by atoms with E-state index >= 15 is 0 Å². The van der Waals surface area contributed by atoms with Crippen LogP contribution in [0.4, 0.5) is 0 Å². The van der Waals surface area contributed by atoms with Gasteiger partial charge in [-0.2, -0.15) is 4.31 Å². The Morgan fingerprint density at radius 2 is 1.81 bits per heavy atom. The van der Waals surface area contributed by atoms with Crippen LogP contribution in [0.3, 0.4) is 0 Å². The maximum atomic E-state index is 12.8. The summed E-state index contributed by atoms with van der Waals surface area (Å²) in [6.07, 6.45) is 0. The molecule has 31 heavy (non-hydrogen) atoms. The highest BCUT2D eigenvalue weighted by Gasteiger charge is 2.27. The molecule has 1 aliphatic heterocycles. The maximum Gasteiger partial charge on any atom is 0.338 e. The summed E-state index contributed by atoms with van der Waals surface area (Å²) < 4.78 is 43.1. The van der Waals surface area contributed by atoms with Gasteiger partial charge < -0.3 is 14.2 Å². The average Bonchev–Trinajstić information content (AvgIpc) is 2.79. The Morgan fingerprint density at radius 3 is 2.48 bits per heavy atom. The fourth-order valence-corrected chi connectivity index (χ4v) is 4.61. The van der Waals surface area contributed by atoms with Crippen LogP contribution < -0.4 is 4.74 Å². The van der Waals surface area contributed by atoms with E-state index in [0.29, 0.717) is 36.7 Å². The number of ketones is 1. The first-order chi connectivity index (χ1) is 14.8. The lowest BCUT2D eigenvalue weighted by Crippen LogP contribution is -2.40. The molecule has 0 atom stereocenters. The third-order valence-electron chi connectivity index (χ3n) is 4.80. The molecule has 0 bridgehead atoms. The van der Waals surface area contributed by atoms with Gasteiger partial charge in [-0.3, -0.25) is 4.79 Å². The summed E-state index contributed by atoms with van der Waals surface area (Å²) in [5, 5.41) is 0. The van der Waals surface area contributed by atoms with Crippen LogP contribution in [0.5, 0.6) is 5.75 Å². The monoisotopic (exact) mass is 447 g/mol. The second-order valence-electron chi connectivity index (χ2n) is 6.93. The van der Waals surface area contributed by atoms with Gasteiger partial charge in [-0.05, 0) is 50.2 Å². The van der Waals surface area contributed by atoms with Crippen molar-refractivity contribution in [1.82, 2.24) is 4.31 Å². The largest absolute Gasteiger partial charge is 0.493 e. The predicted octanol–water partition coefficient (Wildman–Crippen LogP) is 2.67. The van der Waals surface area contributed by atoms with Crippen molar-refractivity contribution in [2.24, 2.45) is 0 Å². The van der Waals surface area contributed by atoms with E-state index < -0.39 is 16.0 Å². The number of sulfonamides is 1. The van der Waals surface area contributed by atoms with Gasteiger partial charge in [-0.1, -0.05) is 6.07 Å². The second kappa shape index (κ2) is 10.0. The minimum Gasteiger partial charge on any atom is -0.493 e. The minimum absolute atomic E-state index is 0.0254. The third-order valence-corrected chi connectivity index (χ3v) is 6.70. The van der Waals surface area contributed by atoms with Gasteiger partial charge in [0.15, 0.2) is 5.78 Å². The number of carbonyl (C=O) groups is 2. The Morgan fingerprint density at radius 1 is 1.06 bits per heavy atom. The van der Waals surface area contributed by atoms with Crippen LogP contribution in [-0.2, 0) is 26.1 Å². The molecule has 0 aromatic heterocycles. The van der Waals surface area contributed by atoms with Crippen LogP contribution in [0.25, 0.3) is 0 Å². The molecule has 0 amide bonds. The van der Waals surface area contributed by atoms with E-state index in [1.807, 2.05) is 6.92 Å². The van der Waals surface area contributed by atoms with Crippen molar-refractivity contribution in [1.29, 1.82) is 0 Å². The molecule has 2 aromatic rings. The third kappa shape index (κ3) is 5.49. The van der Waals surface area contributed by atoms with E-state index in [0.717, 1.165) is 0 Å². The number of nitrogens with zero attached hydrogens (tertiary/aromatic N) is 1. The minimum atomic E-state index is -3.73. The highest BCUT2D eigenvalue weighted by molar-refractivity contribution is 7.89. The van der Waals surface area contributed by atoms with Crippen molar-refractivity contribution in [2.75, 3.05) is 32.9 Å². The fourth-order valence-electron chi connectivity index (χ4n) is 3.15. The van der Waals surface area contributed by atoms with Crippen molar-refractivity contribution in [3.05, 3.63) is 59.2 Å². The molecule has 0 aliphatic carbocycles. The van der Waals surface area contributed by atoms with Crippen LogP contribution in [0.15, 0.2) is 47.4 Å². The zero-order valence-corrected chi connectivity index (χ0v) is 18.3. The van der Waals surface area contributed by atoms with Gasteiger partial charge in [0, 0.05) is 24.2 Å². The summed E-state index contributed by atoms with van der Waals surface area (Å²) in [5.74, 6) is -0.268. The van der Waals surface area contributed by atoms with Crippen molar-refractivity contribution in [3.8, 4) is 5.75 Å². The number of ether oxygens (including phenoxy) is 3. The first kappa shape index (κ1) is 22.9. The molecule has 9 heteroatoms. The van der Waals surface area contributed by atoms with Gasteiger partial charge in [-0.15, -0.1) is 0 Å². The molecule has 0 saturated carbocycles. The lowest BCUT2D eigenvalue weighted by molar-refractivity contribution is 0.0469. The van der Waals surface area contributed by atoms with Crippen LogP contribution in [0.2, 0.25) is 0 Å². The summed E-state index contributed by atoms with van der Waals surface area (Å²) in [6.45, 7) is 4.79. The van der Waals surface area contributed by atoms with Crippen LogP contribution >= 0.6 is 0 Å². The lowest BCUT2D eigenvalue weighted by atomic mass is 10.1. The molecule has 8 nitrogen and oxygen atoms in total. The van der Waals surface area contributed by atoms with E-state index in [2.05, 4.69) is 0 Å². The molecule has 0 spiro atoms. The molecule has 1 aliphatic rings. The zero-order chi connectivity index (χ0) is 22.4. The second-order valence-corrected chi connectivity index (χ2v) is 8.87. The van der Waals surface area contributed by atoms with Crippen LogP contribution in [0.1, 0.15) is 40.1 Å². The van der Waals surface area contributed by atoms with Crippen LogP contribution in [0, 0.1) is 0 Å². The zero-order valence-electron chi connectivity index (χ0n) is 17.5. The standard InChI is InChI=1S/C22H25NO7S/c1-3-29-21-8-7-17(16(2)24)13-19(21)15-30-22(25)18-5-4-6-20(14-18)31(26,27)23-9-11-28-12-10-23/h4-8,13-14H,3,9-12,15H2,1-2H3. The number of benzene rings is 2. The van der Waals surface area contributed by atoms with Crippen molar-refractivity contribution < 1.29 is 32.2 Å². The number of morpholine rings is 1. The average molecular weight is 448 g/mol. The molecule has 0 radical (unpaired) electrons. The molecule has 2 aromatic carbocycles. The highest BCUT2D eigenvalue weighted by Crippen LogP contribution is 2.23. The van der Waals surface area contributed by atoms with Crippen LogP contribution in [-0.4, -0.2) is 57.4 Å². The van der Waals surface area contributed by atoms with Crippen molar-refractivity contribution in [3.63, 3.8) is 0 Å². The first-order valence-electron chi connectivity index (χ1n) is 9.94. The van der Waals surface area contributed by atoms with E-state index in [4.69, 9.17) is 14.2 Å². The molecule has 1 heterocycles. The SMILES string of the molecule is CCOc1ccc(C(C)=O)cc1COC(=O)c1cccc(S(=O)(=O)N2CCOCC2)c1. The van der Waals surface area contributed by atoms with Gasteiger partial charge in [-0.25, -0.2) is 13.2 Å². The highest BCUT2D eigenvalue weighted by atomic mass is 32.2. The van der Waals surface area contributed by atoms with E-state index in [1.54, 1.807) is 18.2 Å². The number of hydrogen-bond donors (Lipinski definition) is 0. The maximum absolute atomic E-state index is 12.8. The van der Waals surface area contributed by atoms with E-state index in [1.165, 1.54) is 35.5 Å². The fraction of sp³-hybridized carbons (Fsp3) is 0.364. The normalized spacial score (nSPS) is 14.8.